The van der Waals surface area contributed by atoms with Gasteiger partial charge in [-0.25, -0.2) is 0 Å². The number of nitrogens with zero attached hydrogens (tertiary/aromatic N) is 1. The highest BCUT2D eigenvalue weighted by Gasteiger charge is 2.17. The summed E-state index contributed by atoms with van der Waals surface area (Å²) in [6, 6.07) is 16.3. The maximum atomic E-state index is 9.70. The summed E-state index contributed by atoms with van der Waals surface area (Å²) < 4.78 is 5.20. The molecule has 0 aliphatic carbocycles. The van der Waals surface area contributed by atoms with Crippen molar-refractivity contribution in [3.05, 3.63) is 64.7 Å². The lowest BCUT2D eigenvalue weighted by atomic mass is 10.1. The fourth-order valence-corrected chi connectivity index (χ4v) is 2.96. The van der Waals surface area contributed by atoms with Crippen LogP contribution in [0.2, 0.25) is 5.02 Å². The fourth-order valence-electron chi connectivity index (χ4n) is 2.68. The van der Waals surface area contributed by atoms with E-state index in [2.05, 4.69) is 24.0 Å². The number of ether oxygens (including phenoxy) is 1. The van der Waals surface area contributed by atoms with Gasteiger partial charge in [0.1, 0.15) is 5.75 Å². The molecule has 0 saturated carbocycles. The quantitative estimate of drug-likeness (QED) is 0.788. The minimum Gasteiger partial charge on any atom is -0.495 e. The largest absolute Gasteiger partial charge is 0.495 e. The Labute approximate surface area is 143 Å². The Balaban J connectivity index is 2.18. The van der Waals surface area contributed by atoms with Crippen LogP contribution in [0.5, 0.6) is 5.75 Å². The Morgan fingerprint density at radius 2 is 1.78 bits per heavy atom. The van der Waals surface area contributed by atoms with Crippen LogP contribution in [-0.2, 0) is 13.1 Å². The number of aliphatic hydroxyl groups excluding tert-OH is 1. The first-order valence-electron chi connectivity index (χ1n) is 7.89. The molecule has 4 heteroatoms. The summed E-state index contributed by atoms with van der Waals surface area (Å²) >= 11 is 6.23. The molecule has 2 rings (SSSR count). The van der Waals surface area contributed by atoms with Crippen LogP contribution in [0.15, 0.2) is 48.5 Å². The van der Waals surface area contributed by atoms with E-state index in [1.807, 2.05) is 36.4 Å². The van der Waals surface area contributed by atoms with Crippen molar-refractivity contribution in [1.82, 2.24) is 4.90 Å². The topological polar surface area (TPSA) is 32.7 Å². The van der Waals surface area contributed by atoms with Crippen molar-refractivity contribution in [2.45, 2.75) is 32.5 Å². The normalized spacial score (nSPS) is 12.4. The van der Waals surface area contributed by atoms with Gasteiger partial charge in [0.25, 0.3) is 0 Å². The van der Waals surface area contributed by atoms with Gasteiger partial charge in [0.2, 0.25) is 0 Å². The number of methoxy groups -OCH3 is 1. The molecule has 2 aromatic carbocycles. The molecule has 1 atom stereocenters. The van der Waals surface area contributed by atoms with E-state index in [1.54, 1.807) is 7.11 Å². The minimum absolute atomic E-state index is 0.121. The first kappa shape index (κ1) is 17.8. The molecular formula is C19H24ClNO2. The lowest BCUT2D eigenvalue weighted by molar-refractivity contribution is 0.107. The summed E-state index contributed by atoms with van der Waals surface area (Å²) in [5.74, 6) is 0.680. The number of benzene rings is 2. The van der Waals surface area contributed by atoms with Crippen LogP contribution in [-0.4, -0.2) is 29.8 Å². The van der Waals surface area contributed by atoms with Gasteiger partial charge >= 0.3 is 0 Å². The van der Waals surface area contributed by atoms with E-state index in [-0.39, 0.29) is 12.6 Å². The van der Waals surface area contributed by atoms with Gasteiger partial charge in [-0.1, -0.05) is 54.9 Å². The molecule has 0 amide bonds. The Morgan fingerprint density at radius 1 is 1.09 bits per heavy atom. The molecule has 1 N–H and O–H groups in total. The average molecular weight is 334 g/mol. The molecule has 3 nitrogen and oxygen atoms in total. The van der Waals surface area contributed by atoms with Crippen LogP contribution in [0, 0.1) is 0 Å². The highest BCUT2D eigenvalue weighted by molar-refractivity contribution is 6.32. The van der Waals surface area contributed by atoms with Crippen LogP contribution in [0.4, 0.5) is 0 Å². The second kappa shape index (κ2) is 8.92. The fraction of sp³-hybridized carbons (Fsp3) is 0.368. The third-order valence-electron chi connectivity index (χ3n) is 4.03. The van der Waals surface area contributed by atoms with Crippen molar-refractivity contribution in [3.8, 4) is 5.75 Å². The van der Waals surface area contributed by atoms with Gasteiger partial charge in [0.05, 0.1) is 18.7 Å². The maximum absolute atomic E-state index is 9.70. The van der Waals surface area contributed by atoms with Gasteiger partial charge in [-0.05, 0) is 29.7 Å². The van der Waals surface area contributed by atoms with Gasteiger partial charge < -0.3 is 9.84 Å². The van der Waals surface area contributed by atoms with Crippen molar-refractivity contribution < 1.29 is 9.84 Å². The Morgan fingerprint density at radius 3 is 2.35 bits per heavy atom. The summed E-state index contributed by atoms with van der Waals surface area (Å²) in [6.07, 6.45) is 0.896. The number of hydrogen-bond acceptors (Lipinski definition) is 3. The number of aliphatic hydroxyl groups is 1. The molecule has 0 aliphatic rings. The predicted octanol–water partition coefficient (Wildman–Crippen LogP) is 4.12. The standard InChI is InChI=1S/C19H24ClNO2/c1-3-17(14-22)21(12-15-7-5-4-6-8-15)13-16-9-10-19(23-2)18(20)11-16/h4-11,17,22H,3,12-14H2,1-2H3/t17-/m1/s1. The number of rotatable bonds is 8. The molecule has 0 bridgehead atoms. The maximum Gasteiger partial charge on any atom is 0.137 e. The lowest BCUT2D eigenvalue weighted by Gasteiger charge is -2.30. The molecule has 0 radical (unpaired) electrons. The summed E-state index contributed by atoms with van der Waals surface area (Å²) in [4.78, 5) is 2.29. The zero-order chi connectivity index (χ0) is 16.7. The summed E-state index contributed by atoms with van der Waals surface area (Å²) in [5.41, 5.74) is 2.35. The van der Waals surface area contributed by atoms with E-state index >= 15 is 0 Å². The average Bonchev–Trinajstić information content (AvgIpc) is 2.57. The van der Waals surface area contributed by atoms with Crippen LogP contribution in [0.1, 0.15) is 24.5 Å². The molecule has 0 unspecified atom stereocenters. The van der Waals surface area contributed by atoms with Crippen molar-refractivity contribution >= 4 is 11.6 Å². The third kappa shape index (κ3) is 4.96. The molecule has 2 aromatic rings. The molecule has 0 aliphatic heterocycles. The van der Waals surface area contributed by atoms with Crippen molar-refractivity contribution in [2.24, 2.45) is 0 Å². The number of hydrogen-bond donors (Lipinski definition) is 1. The van der Waals surface area contributed by atoms with E-state index in [9.17, 15) is 5.11 Å². The predicted molar refractivity (Wildman–Crippen MR) is 94.9 cm³/mol. The zero-order valence-electron chi connectivity index (χ0n) is 13.7. The lowest BCUT2D eigenvalue weighted by Crippen LogP contribution is -2.36. The Bertz CT molecular complexity index is 600. The van der Waals surface area contributed by atoms with Crippen LogP contribution in [0.25, 0.3) is 0 Å². The molecule has 0 spiro atoms. The molecule has 0 saturated heterocycles. The summed E-state index contributed by atoms with van der Waals surface area (Å²) in [7, 11) is 1.61. The van der Waals surface area contributed by atoms with E-state index in [0.717, 1.165) is 25.1 Å². The van der Waals surface area contributed by atoms with Gasteiger partial charge in [0.15, 0.2) is 0 Å². The molecule has 0 heterocycles. The highest BCUT2D eigenvalue weighted by Crippen LogP contribution is 2.26. The minimum atomic E-state index is 0.121. The van der Waals surface area contributed by atoms with Gasteiger partial charge in [-0.3, -0.25) is 4.90 Å². The van der Waals surface area contributed by atoms with E-state index in [0.29, 0.717) is 10.8 Å². The Kier molecular flexibility index (Phi) is 6.90. The van der Waals surface area contributed by atoms with Gasteiger partial charge in [-0.2, -0.15) is 0 Å². The molecule has 0 aromatic heterocycles. The smallest absolute Gasteiger partial charge is 0.137 e. The van der Waals surface area contributed by atoms with Crippen LogP contribution < -0.4 is 4.74 Å². The van der Waals surface area contributed by atoms with Gasteiger partial charge in [-0.15, -0.1) is 0 Å². The first-order valence-corrected chi connectivity index (χ1v) is 8.27. The SMILES string of the molecule is CC[C@H](CO)N(Cc1ccccc1)Cc1ccc(OC)c(Cl)c1. The summed E-state index contributed by atoms with van der Waals surface area (Å²) in [6.45, 7) is 3.77. The van der Waals surface area contributed by atoms with Crippen molar-refractivity contribution in [2.75, 3.05) is 13.7 Å². The van der Waals surface area contributed by atoms with Crippen molar-refractivity contribution in [1.29, 1.82) is 0 Å². The second-order valence-corrected chi connectivity index (χ2v) is 6.01. The first-order chi connectivity index (χ1) is 11.2. The van der Waals surface area contributed by atoms with E-state index in [4.69, 9.17) is 16.3 Å². The Hall–Kier alpha value is -1.55. The van der Waals surface area contributed by atoms with Gasteiger partial charge in [0, 0.05) is 19.1 Å². The molecule has 23 heavy (non-hydrogen) atoms. The number of halogens is 1. The van der Waals surface area contributed by atoms with E-state index in [1.165, 1.54) is 5.56 Å². The zero-order valence-corrected chi connectivity index (χ0v) is 14.5. The van der Waals surface area contributed by atoms with Crippen molar-refractivity contribution in [3.63, 3.8) is 0 Å². The van der Waals surface area contributed by atoms with Crippen LogP contribution >= 0.6 is 11.6 Å². The van der Waals surface area contributed by atoms with E-state index < -0.39 is 0 Å². The summed E-state index contributed by atoms with van der Waals surface area (Å²) in [5, 5.41) is 10.3. The third-order valence-corrected chi connectivity index (χ3v) is 4.32. The highest BCUT2D eigenvalue weighted by atomic mass is 35.5. The second-order valence-electron chi connectivity index (χ2n) is 5.60. The van der Waals surface area contributed by atoms with Crippen LogP contribution in [0.3, 0.4) is 0 Å². The molecular weight excluding hydrogens is 310 g/mol. The molecule has 0 fully saturated rings. The monoisotopic (exact) mass is 333 g/mol. The molecule has 124 valence electrons.